The predicted molar refractivity (Wildman–Crippen MR) is 96.8 cm³/mol. The van der Waals surface area contributed by atoms with Crippen molar-refractivity contribution in [2.24, 2.45) is 0 Å². The van der Waals surface area contributed by atoms with Crippen molar-refractivity contribution < 1.29 is 4.79 Å². The van der Waals surface area contributed by atoms with Gasteiger partial charge in [0.2, 0.25) is 0 Å². The molecule has 2 aromatic rings. The number of rotatable bonds is 2. The van der Waals surface area contributed by atoms with Crippen molar-refractivity contribution in [1.82, 2.24) is 4.90 Å². The first kappa shape index (κ1) is 15.2. The summed E-state index contributed by atoms with van der Waals surface area (Å²) in [5.41, 5.74) is 1.90. The van der Waals surface area contributed by atoms with E-state index in [0.717, 1.165) is 32.0 Å². The van der Waals surface area contributed by atoms with E-state index in [-0.39, 0.29) is 11.3 Å². The van der Waals surface area contributed by atoms with Gasteiger partial charge in [-0.1, -0.05) is 35.9 Å². The highest BCUT2D eigenvalue weighted by atomic mass is 127. The zero-order chi connectivity index (χ0) is 14.8. The lowest BCUT2D eigenvalue weighted by Crippen LogP contribution is -2.30. The molecular formula is C16H13ClINOS. The minimum atomic E-state index is 0.0748. The van der Waals surface area contributed by atoms with Crippen molar-refractivity contribution in [3.63, 3.8) is 0 Å². The van der Waals surface area contributed by atoms with E-state index in [1.165, 1.54) is 0 Å². The first-order valence-corrected chi connectivity index (χ1v) is 9.10. The van der Waals surface area contributed by atoms with E-state index in [0.29, 0.717) is 0 Å². The average molecular weight is 430 g/mol. The Morgan fingerprint density at radius 3 is 2.62 bits per heavy atom. The monoisotopic (exact) mass is 429 g/mol. The summed E-state index contributed by atoms with van der Waals surface area (Å²) in [7, 11) is 0. The Hall–Kier alpha value is -0.720. The first-order chi connectivity index (χ1) is 10.2. The van der Waals surface area contributed by atoms with E-state index in [1.807, 2.05) is 53.4 Å². The van der Waals surface area contributed by atoms with Crippen LogP contribution in [-0.4, -0.2) is 23.1 Å². The van der Waals surface area contributed by atoms with Gasteiger partial charge in [-0.25, -0.2) is 0 Å². The Kier molecular flexibility index (Phi) is 4.76. The lowest BCUT2D eigenvalue weighted by Gasteiger charge is -2.24. The van der Waals surface area contributed by atoms with Crippen LogP contribution in [0.4, 0.5) is 0 Å². The minimum Gasteiger partial charge on any atom is -0.322 e. The number of benzene rings is 2. The minimum absolute atomic E-state index is 0.0748. The van der Waals surface area contributed by atoms with Crippen molar-refractivity contribution in [1.29, 1.82) is 0 Å². The fourth-order valence-electron chi connectivity index (χ4n) is 2.37. The van der Waals surface area contributed by atoms with Crippen LogP contribution in [0.2, 0.25) is 5.02 Å². The maximum atomic E-state index is 12.8. The molecule has 108 valence electrons. The number of hydrogen-bond donors (Lipinski definition) is 0. The number of carbonyl (C=O) groups is 1. The standard InChI is InChI=1S/C16H13ClINOS/c17-12-7-5-11(6-8-12)16-19(9-10-21-16)15(20)13-3-1-2-4-14(13)18/h1-8,16H,9-10H2. The molecule has 3 rings (SSSR count). The average Bonchev–Trinajstić information content (AvgIpc) is 2.97. The quantitative estimate of drug-likeness (QED) is 0.637. The second kappa shape index (κ2) is 6.58. The molecule has 1 saturated heterocycles. The molecule has 2 aromatic carbocycles. The summed E-state index contributed by atoms with van der Waals surface area (Å²) in [6, 6.07) is 15.5. The van der Waals surface area contributed by atoms with Gasteiger partial charge in [0.15, 0.2) is 0 Å². The first-order valence-electron chi connectivity index (χ1n) is 6.59. The van der Waals surface area contributed by atoms with Crippen molar-refractivity contribution >= 4 is 51.9 Å². The number of hydrogen-bond acceptors (Lipinski definition) is 2. The molecule has 1 aliphatic heterocycles. The van der Waals surface area contributed by atoms with Crippen molar-refractivity contribution in [2.75, 3.05) is 12.3 Å². The molecule has 0 spiro atoms. The van der Waals surface area contributed by atoms with E-state index < -0.39 is 0 Å². The van der Waals surface area contributed by atoms with E-state index in [1.54, 1.807) is 11.8 Å². The molecule has 0 radical (unpaired) electrons. The summed E-state index contributed by atoms with van der Waals surface area (Å²) in [4.78, 5) is 14.7. The van der Waals surface area contributed by atoms with Gasteiger partial charge >= 0.3 is 0 Å². The molecule has 0 aromatic heterocycles. The highest BCUT2D eigenvalue weighted by molar-refractivity contribution is 14.1. The van der Waals surface area contributed by atoms with Crippen LogP contribution >= 0.6 is 46.0 Å². The normalized spacial score (nSPS) is 18.0. The molecular weight excluding hydrogens is 417 g/mol. The molecule has 1 aliphatic rings. The van der Waals surface area contributed by atoms with Gasteiger partial charge in [0.1, 0.15) is 5.37 Å². The zero-order valence-corrected chi connectivity index (χ0v) is 14.9. The molecule has 0 saturated carbocycles. The van der Waals surface area contributed by atoms with Gasteiger partial charge in [-0.3, -0.25) is 4.79 Å². The van der Waals surface area contributed by atoms with E-state index in [9.17, 15) is 4.79 Å². The third kappa shape index (κ3) is 3.22. The van der Waals surface area contributed by atoms with Gasteiger partial charge in [0.05, 0.1) is 5.56 Å². The Balaban J connectivity index is 1.89. The van der Waals surface area contributed by atoms with Crippen molar-refractivity contribution in [3.8, 4) is 0 Å². The van der Waals surface area contributed by atoms with Gasteiger partial charge in [0, 0.05) is 20.9 Å². The fraction of sp³-hybridized carbons (Fsp3) is 0.188. The number of amides is 1. The molecule has 21 heavy (non-hydrogen) atoms. The Morgan fingerprint density at radius 2 is 1.90 bits per heavy atom. The van der Waals surface area contributed by atoms with Crippen LogP contribution in [0.5, 0.6) is 0 Å². The fourth-order valence-corrected chi connectivity index (χ4v) is 4.37. The van der Waals surface area contributed by atoms with Crippen molar-refractivity contribution in [3.05, 3.63) is 68.3 Å². The highest BCUT2D eigenvalue weighted by Gasteiger charge is 2.31. The Bertz CT molecular complexity index is 662. The molecule has 1 amide bonds. The smallest absolute Gasteiger partial charge is 0.256 e. The molecule has 2 nitrogen and oxygen atoms in total. The maximum absolute atomic E-state index is 12.8. The van der Waals surface area contributed by atoms with Crippen LogP contribution in [0, 0.1) is 3.57 Å². The molecule has 1 atom stereocenters. The lowest BCUT2D eigenvalue weighted by molar-refractivity contribution is 0.0759. The summed E-state index contributed by atoms with van der Waals surface area (Å²) in [6.45, 7) is 0.780. The summed E-state index contributed by atoms with van der Waals surface area (Å²) < 4.78 is 0.992. The molecule has 0 bridgehead atoms. The molecule has 1 heterocycles. The van der Waals surface area contributed by atoms with Crippen LogP contribution in [0.3, 0.4) is 0 Å². The van der Waals surface area contributed by atoms with Gasteiger partial charge in [-0.2, -0.15) is 0 Å². The SMILES string of the molecule is O=C(c1ccccc1I)N1CCSC1c1ccc(Cl)cc1. The van der Waals surface area contributed by atoms with Crippen LogP contribution in [0.1, 0.15) is 21.3 Å². The molecule has 5 heteroatoms. The van der Waals surface area contributed by atoms with E-state index >= 15 is 0 Å². The largest absolute Gasteiger partial charge is 0.322 e. The lowest BCUT2D eigenvalue weighted by atomic mass is 10.1. The van der Waals surface area contributed by atoms with Gasteiger partial charge < -0.3 is 4.90 Å². The van der Waals surface area contributed by atoms with Gasteiger partial charge in [-0.05, 0) is 52.4 Å². The van der Waals surface area contributed by atoms with E-state index in [2.05, 4.69) is 22.6 Å². The molecule has 0 aliphatic carbocycles. The third-order valence-corrected chi connectivity index (χ3v) is 5.86. The van der Waals surface area contributed by atoms with Crippen LogP contribution in [0.25, 0.3) is 0 Å². The van der Waals surface area contributed by atoms with Gasteiger partial charge in [-0.15, -0.1) is 11.8 Å². The van der Waals surface area contributed by atoms with Gasteiger partial charge in [0.25, 0.3) is 5.91 Å². The molecule has 1 unspecified atom stereocenters. The predicted octanol–water partition coefficient (Wildman–Crippen LogP) is 4.83. The number of carbonyl (C=O) groups excluding carboxylic acids is 1. The summed E-state index contributed by atoms with van der Waals surface area (Å²) >= 11 is 9.96. The van der Waals surface area contributed by atoms with Crippen LogP contribution in [0.15, 0.2) is 48.5 Å². The molecule has 0 N–H and O–H groups in total. The van der Waals surface area contributed by atoms with Crippen molar-refractivity contribution in [2.45, 2.75) is 5.37 Å². The van der Waals surface area contributed by atoms with Crippen LogP contribution in [-0.2, 0) is 0 Å². The second-order valence-corrected chi connectivity index (χ2v) is 7.54. The second-order valence-electron chi connectivity index (χ2n) is 4.75. The van der Waals surface area contributed by atoms with Crippen LogP contribution < -0.4 is 0 Å². The maximum Gasteiger partial charge on any atom is 0.256 e. The third-order valence-electron chi connectivity index (χ3n) is 3.41. The number of nitrogens with zero attached hydrogens (tertiary/aromatic N) is 1. The highest BCUT2D eigenvalue weighted by Crippen LogP contribution is 2.39. The Morgan fingerprint density at radius 1 is 1.19 bits per heavy atom. The zero-order valence-electron chi connectivity index (χ0n) is 11.1. The molecule has 1 fully saturated rings. The van der Waals surface area contributed by atoms with E-state index in [4.69, 9.17) is 11.6 Å². The Labute approximate surface area is 147 Å². The summed E-state index contributed by atoms with van der Waals surface area (Å²) in [6.07, 6.45) is 0. The number of halogens is 2. The topological polar surface area (TPSA) is 20.3 Å². The number of thioether (sulfide) groups is 1. The summed E-state index contributed by atoms with van der Waals surface area (Å²) in [5.74, 6) is 1.06. The summed E-state index contributed by atoms with van der Waals surface area (Å²) in [5, 5.41) is 0.794.